The third-order valence-corrected chi connectivity index (χ3v) is 4.09. The molecular formula is C15H17BrClN3O. The van der Waals surface area contributed by atoms with E-state index in [1.165, 1.54) is 0 Å². The molecule has 112 valence electrons. The maximum Gasteiger partial charge on any atom is 0.165 e. The fraction of sp³-hybridized carbons (Fsp3) is 0.333. The van der Waals surface area contributed by atoms with E-state index < -0.39 is 0 Å². The van der Waals surface area contributed by atoms with Gasteiger partial charge in [0.15, 0.2) is 5.78 Å². The Morgan fingerprint density at radius 3 is 2.86 bits per heavy atom. The molecular weight excluding hydrogens is 354 g/mol. The second kappa shape index (κ2) is 7.20. The molecule has 0 aliphatic rings. The Hall–Kier alpha value is -1.17. The summed E-state index contributed by atoms with van der Waals surface area (Å²) < 4.78 is 2.85. The normalized spacial score (nSPS) is 11.1. The van der Waals surface area contributed by atoms with Crippen molar-refractivity contribution in [2.75, 3.05) is 13.6 Å². The highest BCUT2D eigenvalue weighted by Crippen LogP contribution is 2.22. The second-order valence-electron chi connectivity index (χ2n) is 4.99. The monoisotopic (exact) mass is 369 g/mol. The highest BCUT2D eigenvalue weighted by molar-refractivity contribution is 9.10. The lowest BCUT2D eigenvalue weighted by Gasteiger charge is -2.16. The molecule has 0 radical (unpaired) electrons. The van der Waals surface area contributed by atoms with Crippen LogP contribution in [0, 0.1) is 0 Å². The number of aryl methyl sites for hydroxylation is 1. The Bertz CT molecular complexity index is 642. The van der Waals surface area contributed by atoms with Crippen LogP contribution in [0.3, 0.4) is 0 Å². The van der Waals surface area contributed by atoms with E-state index in [-0.39, 0.29) is 5.78 Å². The Morgan fingerprint density at radius 2 is 2.24 bits per heavy atom. The largest absolute Gasteiger partial charge is 0.337 e. The third kappa shape index (κ3) is 4.40. The predicted octanol–water partition coefficient (Wildman–Crippen LogP) is 3.54. The van der Waals surface area contributed by atoms with Gasteiger partial charge in [-0.05, 0) is 25.2 Å². The Labute approximate surface area is 137 Å². The lowest BCUT2D eigenvalue weighted by Crippen LogP contribution is -2.23. The first-order valence-electron chi connectivity index (χ1n) is 6.60. The van der Waals surface area contributed by atoms with Crippen molar-refractivity contribution in [2.45, 2.75) is 13.0 Å². The van der Waals surface area contributed by atoms with Gasteiger partial charge in [-0.1, -0.05) is 27.5 Å². The standard InChI is InChI=1S/C15H17BrClN3O/c1-19(10-15-18-6-8-20(15)2)7-5-14(21)12-4-3-11(16)9-13(12)17/h3-4,6,8-9H,5,7,10H2,1-2H3. The molecule has 2 rings (SSSR count). The molecule has 0 N–H and O–H groups in total. The Morgan fingerprint density at radius 1 is 1.48 bits per heavy atom. The zero-order valence-electron chi connectivity index (χ0n) is 12.0. The summed E-state index contributed by atoms with van der Waals surface area (Å²) >= 11 is 9.43. The molecule has 0 fully saturated rings. The van der Waals surface area contributed by atoms with E-state index in [1.807, 2.05) is 30.9 Å². The molecule has 0 saturated heterocycles. The zero-order valence-corrected chi connectivity index (χ0v) is 14.4. The minimum atomic E-state index is 0.0548. The number of carbonyl (C=O) groups excluding carboxylic acids is 1. The number of ketones is 1. The number of benzene rings is 1. The van der Waals surface area contributed by atoms with Gasteiger partial charge in [-0.2, -0.15) is 0 Å². The summed E-state index contributed by atoms with van der Waals surface area (Å²) in [6.07, 6.45) is 4.12. The molecule has 0 aliphatic carbocycles. The molecule has 1 heterocycles. The number of carbonyl (C=O) groups is 1. The van der Waals surface area contributed by atoms with Crippen molar-refractivity contribution in [2.24, 2.45) is 7.05 Å². The van der Waals surface area contributed by atoms with Crippen LogP contribution in [0.2, 0.25) is 5.02 Å². The molecule has 1 aromatic carbocycles. The van der Waals surface area contributed by atoms with Crippen molar-refractivity contribution in [3.8, 4) is 0 Å². The van der Waals surface area contributed by atoms with Crippen LogP contribution in [-0.4, -0.2) is 33.8 Å². The maximum absolute atomic E-state index is 12.2. The van der Waals surface area contributed by atoms with Crippen molar-refractivity contribution < 1.29 is 4.79 Å². The molecule has 6 heteroatoms. The molecule has 0 aliphatic heterocycles. The van der Waals surface area contributed by atoms with Crippen LogP contribution < -0.4 is 0 Å². The smallest absolute Gasteiger partial charge is 0.165 e. The van der Waals surface area contributed by atoms with Gasteiger partial charge in [0.25, 0.3) is 0 Å². The summed E-state index contributed by atoms with van der Waals surface area (Å²) in [5.41, 5.74) is 0.574. The fourth-order valence-corrected chi connectivity index (χ4v) is 2.79. The van der Waals surface area contributed by atoms with Crippen LogP contribution in [0.4, 0.5) is 0 Å². The van der Waals surface area contributed by atoms with Gasteiger partial charge in [-0.25, -0.2) is 4.98 Å². The van der Waals surface area contributed by atoms with Gasteiger partial charge in [0.2, 0.25) is 0 Å². The van der Waals surface area contributed by atoms with E-state index in [0.717, 1.165) is 10.3 Å². The first-order chi connectivity index (χ1) is 9.97. The van der Waals surface area contributed by atoms with Gasteiger partial charge in [-0.3, -0.25) is 9.69 Å². The molecule has 0 atom stereocenters. The summed E-state index contributed by atoms with van der Waals surface area (Å²) in [7, 11) is 3.94. The molecule has 0 amide bonds. The lowest BCUT2D eigenvalue weighted by atomic mass is 10.1. The minimum absolute atomic E-state index is 0.0548. The van der Waals surface area contributed by atoms with Crippen molar-refractivity contribution in [1.82, 2.24) is 14.5 Å². The molecule has 0 saturated carbocycles. The molecule has 0 spiro atoms. The van der Waals surface area contributed by atoms with Crippen molar-refractivity contribution in [3.05, 3.63) is 51.5 Å². The van der Waals surface area contributed by atoms with Gasteiger partial charge in [0.1, 0.15) is 5.82 Å². The first kappa shape index (κ1) is 16.2. The van der Waals surface area contributed by atoms with E-state index in [2.05, 4.69) is 25.8 Å². The summed E-state index contributed by atoms with van der Waals surface area (Å²) in [5, 5.41) is 0.487. The van der Waals surface area contributed by atoms with Crippen LogP contribution in [0.1, 0.15) is 22.6 Å². The van der Waals surface area contributed by atoms with Crippen molar-refractivity contribution >= 4 is 33.3 Å². The first-order valence-corrected chi connectivity index (χ1v) is 7.77. The molecule has 4 nitrogen and oxygen atoms in total. The van der Waals surface area contributed by atoms with Crippen molar-refractivity contribution in [3.63, 3.8) is 0 Å². The topological polar surface area (TPSA) is 38.1 Å². The molecule has 1 aromatic heterocycles. The SMILES string of the molecule is CN(CCC(=O)c1ccc(Br)cc1Cl)Cc1nccn1C. The number of halogens is 2. The van der Waals surface area contributed by atoms with E-state index >= 15 is 0 Å². The van der Waals surface area contributed by atoms with Gasteiger partial charge in [-0.15, -0.1) is 0 Å². The number of hydrogen-bond acceptors (Lipinski definition) is 3. The average Bonchev–Trinajstić information content (AvgIpc) is 2.81. The predicted molar refractivity (Wildman–Crippen MR) is 87.6 cm³/mol. The number of nitrogens with zero attached hydrogens (tertiary/aromatic N) is 3. The number of imidazole rings is 1. The number of Topliss-reactive ketones (excluding diaryl/α,β-unsaturated/α-hetero) is 1. The van der Waals surface area contributed by atoms with Crippen molar-refractivity contribution in [1.29, 1.82) is 0 Å². The molecule has 21 heavy (non-hydrogen) atoms. The summed E-state index contributed by atoms with van der Waals surface area (Å²) in [6.45, 7) is 1.38. The quantitative estimate of drug-likeness (QED) is 0.730. The van der Waals surface area contributed by atoms with Crippen LogP contribution in [0.15, 0.2) is 35.1 Å². The molecule has 0 unspecified atom stereocenters. The molecule has 2 aromatic rings. The minimum Gasteiger partial charge on any atom is -0.337 e. The van der Waals surface area contributed by atoms with Crippen LogP contribution in [-0.2, 0) is 13.6 Å². The van der Waals surface area contributed by atoms with E-state index in [1.54, 1.807) is 18.3 Å². The summed E-state index contributed by atoms with van der Waals surface area (Å²) in [6, 6.07) is 5.33. The Kier molecular flexibility index (Phi) is 5.56. The number of aromatic nitrogens is 2. The van der Waals surface area contributed by atoms with Gasteiger partial charge >= 0.3 is 0 Å². The van der Waals surface area contributed by atoms with E-state index in [9.17, 15) is 4.79 Å². The average molecular weight is 371 g/mol. The maximum atomic E-state index is 12.2. The fourth-order valence-electron chi connectivity index (χ4n) is 2.01. The van der Waals surface area contributed by atoms with Crippen LogP contribution in [0.25, 0.3) is 0 Å². The summed E-state index contributed by atoms with van der Waals surface area (Å²) in [4.78, 5) is 18.6. The van der Waals surface area contributed by atoms with Crippen LogP contribution >= 0.6 is 27.5 Å². The Balaban J connectivity index is 1.90. The third-order valence-electron chi connectivity index (χ3n) is 3.28. The zero-order chi connectivity index (χ0) is 15.4. The second-order valence-corrected chi connectivity index (χ2v) is 6.31. The van der Waals surface area contributed by atoms with Gasteiger partial charge in [0, 0.05) is 42.4 Å². The highest BCUT2D eigenvalue weighted by atomic mass is 79.9. The summed E-state index contributed by atoms with van der Waals surface area (Å²) in [5.74, 6) is 1.03. The molecule has 0 bridgehead atoms. The van der Waals surface area contributed by atoms with E-state index in [4.69, 9.17) is 11.6 Å². The van der Waals surface area contributed by atoms with Gasteiger partial charge in [0.05, 0.1) is 11.6 Å². The highest BCUT2D eigenvalue weighted by Gasteiger charge is 2.12. The number of hydrogen-bond donors (Lipinski definition) is 0. The van der Waals surface area contributed by atoms with E-state index in [0.29, 0.717) is 30.1 Å². The number of rotatable bonds is 6. The van der Waals surface area contributed by atoms with Gasteiger partial charge < -0.3 is 4.57 Å². The van der Waals surface area contributed by atoms with Crippen LogP contribution in [0.5, 0.6) is 0 Å². The lowest BCUT2D eigenvalue weighted by molar-refractivity contribution is 0.0967.